The second kappa shape index (κ2) is 32.5. The van der Waals surface area contributed by atoms with Gasteiger partial charge in [-0.1, -0.05) is 82.7 Å². The van der Waals surface area contributed by atoms with E-state index in [1.54, 1.807) is 27.7 Å². The van der Waals surface area contributed by atoms with Crippen LogP contribution in [-0.2, 0) is 47.7 Å². The van der Waals surface area contributed by atoms with Crippen LogP contribution < -0.4 is 45.6 Å². The van der Waals surface area contributed by atoms with Crippen LogP contribution in [0, 0.1) is 53.2 Å². The van der Waals surface area contributed by atoms with Crippen LogP contribution in [0.3, 0.4) is 0 Å². The zero-order valence-electron chi connectivity index (χ0n) is 94.5. The predicted molar refractivity (Wildman–Crippen MR) is 353 cm³/mol. The van der Waals surface area contributed by atoms with E-state index >= 15 is 0 Å². The summed E-state index contributed by atoms with van der Waals surface area (Å²) in [7, 11) is 3.55. The van der Waals surface area contributed by atoms with E-state index in [0.717, 1.165) is 15.9 Å². The monoisotopic (exact) mass is 1300 g/mol. The fourth-order valence-electron chi connectivity index (χ4n) is 11.7. The Morgan fingerprint density at radius 2 is 0.822 bits per heavy atom. The first-order chi connectivity index (χ1) is 58.9. The second-order valence-corrected chi connectivity index (χ2v) is 23.5. The normalized spacial score (nSPS) is 40.0. The van der Waals surface area contributed by atoms with Crippen LogP contribution in [0.1, 0.15) is 230 Å². The largest absolute Gasteiger partial charge is 0.493 e. The molecule has 0 aliphatic carbocycles. The first-order valence-corrected chi connectivity index (χ1v) is 29.2. The Kier molecular flexibility index (Phi) is 12.1. The summed E-state index contributed by atoms with van der Waals surface area (Å²) in [6.45, 7) is -20.9. The molecule has 9 rings (SSSR count). The van der Waals surface area contributed by atoms with Crippen LogP contribution in [-0.4, -0.2) is 151 Å². The Hall–Kier alpha value is -5.37. The predicted octanol–water partition coefficient (Wildman–Crippen LogP) is 10.7. The minimum atomic E-state index is -3.88. The lowest BCUT2D eigenvalue weighted by molar-refractivity contribution is -0.161. The Bertz CT molecular complexity index is 4660. The molecule has 504 valence electrons. The average molecular weight is 1300 g/mol. The van der Waals surface area contributed by atoms with Crippen molar-refractivity contribution in [2.24, 2.45) is 70.4 Å². The van der Waals surface area contributed by atoms with Crippen molar-refractivity contribution in [3.05, 3.63) is 69.8 Å². The van der Waals surface area contributed by atoms with E-state index in [-0.39, 0.29) is 112 Å². The third-order valence-corrected chi connectivity index (χ3v) is 16.0. The number of piperidine rings is 3. The van der Waals surface area contributed by atoms with Crippen molar-refractivity contribution in [1.82, 2.24) is 14.7 Å². The Balaban J connectivity index is 0.000000271. The summed E-state index contributed by atoms with van der Waals surface area (Å²) < 4.78 is 393. The van der Waals surface area contributed by atoms with Gasteiger partial charge in [0.1, 0.15) is 36.3 Å². The molecule has 3 saturated heterocycles. The minimum Gasteiger partial charge on any atom is -0.493 e. The number of ether oxygens (including phenoxy) is 9. The van der Waals surface area contributed by atoms with Gasteiger partial charge in [-0.15, -0.1) is 0 Å². The number of nitrogens with zero attached hydrogens (tertiary/aromatic N) is 3. The highest BCUT2D eigenvalue weighted by Gasteiger charge is 2.45. The van der Waals surface area contributed by atoms with Crippen molar-refractivity contribution < 1.29 is 115 Å². The van der Waals surface area contributed by atoms with Gasteiger partial charge >= 0.3 is 17.9 Å². The number of benzene rings is 3. The molecule has 6 heterocycles. The Labute approximate surface area is 598 Å². The molecule has 0 bridgehead atoms. The third-order valence-electron chi connectivity index (χ3n) is 16.0. The van der Waals surface area contributed by atoms with E-state index in [2.05, 4.69) is 0 Å². The van der Waals surface area contributed by atoms with Crippen molar-refractivity contribution >= 4 is 17.9 Å². The number of hydrogen-bond donors (Lipinski definition) is 3. The lowest BCUT2D eigenvalue weighted by atomic mass is 9.79. The van der Waals surface area contributed by atoms with Gasteiger partial charge in [-0.3, -0.25) is 29.1 Å². The first-order valence-electron chi connectivity index (χ1n) is 50.2. The number of carbonyl (C=O) groups excluding carboxylic acids is 3. The summed E-state index contributed by atoms with van der Waals surface area (Å²) in [4.78, 5) is 43.8. The standard InChI is InChI=1S/3C24H38N2O4/c3*1-14(2)9-17-13-26-8-7-16-10-21(28-5)22(29-6)11-18(16)19(26)12-20(17)30-24(27)23(25)15(3)4/h3*10-11,14-15,17,19-20,23H,7-9,12-13,25H2,1-6H3/t3*17?,19?,20?,23-/m000/s1/i3D3,4D3,5D3,7D2,8D2,15D,20D,23D;3D3,4D3,7D2,8D2,15D,20D,23D;3D3,4D3,7D2,8D2,15D,19D,23D. The molecule has 0 spiro atoms. The minimum absolute atomic E-state index is 0.000900. The quantitative estimate of drug-likeness (QED) is 0.0666. The Morgan fingerprint density at radius 3 is 1.20 bits per heavy atom. The van der Waals surface area contributed by atoms with Gasteiger partial charge in [0.2, 0.25) is 0 Å². The van der Waals surface area contributed by atoms with Crippen LogP contribution in [0.5, 0.6) is 34.5 Å². The molecule has 0 aromatic heterocycles. The molecular weight excluding hydrogens is 1140 g/mol. The van der Waals surface area contributed by atoms with Crippen LogP contribution >= 0.6 is 0 Å². The number of hydrogen-bond acceptors (Lipinski definition) is 18. The van der Waals surface area contributed by atoms with Gasteiger partial charge in [0, 0.05) is 139 Å². The topological polar surface area (TPSA) is 222 Å². The van der Waals surface area contributed by atoms with Crippen molar-refractivity contribution in [2.75, 3.05) is 81.7 Å². The van der Waals surface area contributed by atoms with Crippen molar-refractivity contribution in [3.8, 4) is 34.5 Å². The SMILES string of the molecule is [2H]C([2H])([2H])Oc1cc2c(cc1OC)C1CC([2H])(OC(=O)[C@@]([2H])(N)C([2H])(C([2H])([2H])[2H])C([2H])([2H])[2H])C(CC(C)C)CN1C([2H])([2H])C2([2H])[2H].[2H]C1(OC(=O)[C@@]([2H])(N)C([2H])(C([2H])([2H])[2H])C([2H])([2H])[2H])CC2c3cc(OC)c(OC)cc3C([2H])([2H])C([2H])([2H])N2CC1CC(C)C.[2H]C12CC(OC(=O)[C@@]([2H])(N)C([2H])(C([2H])([2H])[2H])C([2H])([2H])[2H])C(CC(C)C)CN1C([2H])([2H])C([2H])([2H])c1cc(OC)c(OC)cc12. The van der Waals surface area contributed by atoms with Gasteiger partial charge in [0.15, 0.2) is 34.5 Å². The number of carbonyl (C=O) groups is 3. The molecule has 0 saturated carbocycles. The van der Waals surface area contributed by atoms with Gasteiger partial charge in [0.25, 0.3) is 0 Å². The van der Waals surface area contributed by atoms with Crippen LogP contribution in [0.2, 0.25) is 0 Å². The molecule has 0 radical (unpaired) electrons. The molecular formula is C72H114N6O12. The van der Waals surface area contributed by atoms with E-state index in [9.17, 15) is 18.5 Å². The number of fused-ring (bicyclic) bond motifs is 9. The highest BCUT2D eigenvalue weighted by molar-refractivity contribution is 5.77. The molecule has 9 unspecified atom stereocenters. The molecule has 0 amide bonds. The second-order valence-electron chi connectivity index (χ2n) is 23.5. The molecule has 3 fully saturated rings. The molecule has 6 N–H and O–H groups in total. The summed E-state index contributed by atoms with van der Waals surface area (Å²) in [5.41, 5.74) is 16.9. The summed E-state index contributed by atoms with van der Waals surface area (Å²) in [5, 5.41) is 0. The van der Waals surface area contributed by atoms with E-state index in [1.807, 2.05) is 13.8 Å². The highest BCUT2D eigenvalue weighted by Crippen LogP contribution is 2.48. The van der Waals surface area contributed by atoms with E-state index in [4.69, 9.17) is 113 Å². The number of aryl methyl sites for hydroxylation is 3. The number of nitrogens with two attached hydrogens (primary N) is 3. The maximum atomic E-state index is 13.5. The summed E-state index contributed by atoms with van der Waals surface area (Å²) in [5.74, 6) is -20.5. The molecule has 6 aliphatic heterocycles. The van der Waals surface area contributed by atoms with Crippen LogP contribution in [0.4, 0.5) is 0 Å². The zero-order valence-corrected chi connectivity index (χ0v) is 52.5. The van der Waals surface area contributed by atoms with E-state index in [0.29, 0.717) is 0 Å². The lowest BCUT2D eigenvalue weighted by Crippen LogP contribution is -2.51. The van der Waals surface area contributed by atoms with Crippen LogP contribution in [0.15, 0.2) is 36.4 Å². The molecule has 6 aliphatic rings. The summed E-state index contributed by atoms with van der Waals surface area (Å²) in [6, 6.07) is -7.90. The Morgan fingerprint density at radius 1 is 0.489 bits per heavy atom. The molecule has 18 heteroatoms. The zero-order chi connectivity index (χ0) is 103. The van der Waals surface area contributed by atoms with Crippen LogP contribution in [0.25, 0.3) is 0 Å². The van der Waals surface area contributed by atoms with E-state index in [1.165, 1.54) is 70.8 Å². The molecule has 3 aromatic rings. The molecule has 18 nitrogen and oxygen atoms in total. The summed E-state index contributed by atoms with van der Waals surface area (Å²) >= 11 is 0. The van der Waals surface area contributed by atoms with Gasteiger partial charge in [-0.25, -0.2) is 0 Å². The van der Waals surface area contributed by atoms with Gasteiger partial charge < -0.3 is 59.8 Å². The molecule has 12 atom stereocenters. The molecule has 90 heavy (non-hydrogen) atoms. The van der Waals surface area contributed by atoms with Gasteiger partial charge in [0.05, 0.1) is 54.9 Å². The third kappa shape index (κ3) is 17.5. The number of rotatable bonds is 21. The van der Waals surface area contributed by atoms with Crippen molar-refractivity contribution in [1.29, 1.82) is 0 Å². The smallest absolute Gasteiger partial charge is 0.323 e. The van der Waals surface area contributed by atoms with Gasteiger partial charge in [-0.2, -0.15) is 0 Å². The fourth-order valence-corrected chi connectivity index (χ4v) is 11.7. The number of methoxy groups -OCH3 is 6. The highest BCUT2D eigenvalue weighted by atomic mass is 16.6. The maximum Gasteiger partial charge on any atom is 0.323 e. The fraction of sp³-hybridized carbons (Fsp3) is 0.708. The number of esters is 3. The lowest BCUT2D eigenvalue weighted by Gasteiger charge is -2.47. The van der Waals surface area contributed by atoms with Crippen molar-refractivity contribution in [3.63, 3.8) is 0 Å². The molecule has 3 aromatic carbocycles. The summed E-state index contributed by atoms with van der Waals surface area (Å²) in [6.07, 6.45) is -15.1. The maximum absolute atomic E-state index is 13.5. The van der Waals surface area contributed by atoms with Crippen molar-refractivity contribution in [2.45, 2.75) is 195 Å². The van der Waals surface area contributed by atoms with E-state index < -0.39 is 226 Å². The first kappa shape index (κ1) is 33.6. The average Bonchev–Trinajstić information content (AvgIpc) is 0.700. The van der Waals surface area contributed by atoms with Gasteiger partial charge in [-0.05, 0) is 144 Å².